The average molecular weight is 568 g/mol. The predicted molar refractivity (Wildman–Crippen MR) is 107 cm³/mol. The van der Waals surface area contributed by atoms with Crippen molar-refractivity contribution in [3.8, 4) is 22.6 Å². The van der Waals surface area contributed by atoms with Crippen LogP contribution in [0, 0.1) is 6.54 Å². The second kappa shape index (κ2) is 10.4. The van der Waals surface area contributed by atoms with Crippen molar-refractivity contribution in [3.05, 3.63) is 54.6 Å². The van der Waals surface area contributed by atoms with Crippen LogP contribution >= 0.6 is 0 Å². The molecular formula is C22H25N2O4Re-. The van der Waals surface area contributed by atoms with E-state index in [0.29, 0.717) is 36.5 Å². The molecule has 1 aliphatic heterocycles. The van der Waals surface area contributed by atoms with Crippen molar-refractivity contribution >= 4 is 11.8 Å². The fourth-order valence-corrected chi connectivity index (χ4v) is 3.09. The number of benzene rings is 2. The van der Waals surface area contributed by atoms with E-state index in [9.17, 15) is 9.59 Å². The van der Waals surface area contributed by atoms with Crippen LogP contribution in [0.5, 0.6) is 11.5 Å². The standard InChI is InChI=1S/C22H25N2O4.Re/c1-15-14-28-20-10-9-18(27-3)13-19(20)16-6-4-7-17(12-16)22(26)24(2)11-5-8-21(25)23-15;/h4,6-7,9-13,15H,5,8,14H2,1-3H3,(H,23,25);/q-1;/t15-;/m1./s1. The molecule has 2 bridgehead atoms. The van der Waals surface area contributed by atoms with Crippen LogP contribution in [0.1, 0.15) is 30.1 Å². The zero-order valence-electron chi connectivity index (χ0n) is 16.8. The molecule has 0 saturated carbocycles. The Kier molecular flexibility index (Phi) is 8.24. The molecule has 3 rings (SSSR count). The summed E-state index contributed by atoms with van der Waals surface area (Å²) < 4.78 is 11.4. The van der Waals surface area contributed by atoms with E-state index in [0.717, 1.165) is 11.1 Å². The van der Waals surface area contributed by atoms with Gasteiger partial charge in [0.25, 0.3) is 0 Å². The maximum absolute atomic E-state index is 12.8. The van der Waals surface area contributed by atoms with Gasteiger partial charge < -0.3 is 19.7 Å². The summed E-state index contributed by atoms with van der Waals surface area (Å²) in [6.07, 6.45) is 0.800. The van der Waals surface area contributed by atoms with Gasteiger partial charge in [0.05, 0.1) is 13.2 Å². The summed E-state index contributed by atoms with van der Waals surface area (Å²) in [5, 5.41) is 2.92. The molecule has 0 saturated heterocycles. The summed E-state index contributed by atoms with van der Waals surface area (Å²) in [6.45, 7) is 3.98. The summed E-state index contributed by atoms with van der Waals surface area (Å²) in [4.78, 5) is 26.4. The summed E-state index contributed by atoms with van der Waals surface area (Å²) >= 11 is 0. The second-order valence-corrected chi connectivity index (χ2v) is 6.86. The number of hydrogen-bond donors (Lipinski definition) is 1. The minimum absolute atomic E-state index is 0. The molecule has 7 heteroatoms. The smallest absolute Gasteiger partial charge is 0.224 e. The first-order valence-corrected chi connectivity index (χ1v) is 9.29. The monoisotopic (exact) mass is 568 g/mol. The van der Waals surface area contributed by atoms with E-state index in [2.05, 4.69) is 5.32 Å². The molecule has 29 heavy (non-hydrogen) atoms. The molecular weight excluding hydrogens is 542 g/mol. The molecule has 2 amide bonds. The van der Waals surface area contributed by atoms with Gasteiger partial charge in [-0.15, -0.1) is 0 Å². The molecule has 1 heterocycles. The maximum Gasteiger partial charge on any atom is 0.224 e. The Morgan fingerprint density at radius 1 is 1.17 bits per heavy atom. The maximum atomic E-state index is 12.8. The second-order valence-electron chi connectivity index (χ2n) is 6.86. The molecule has 0 aliphatic carbocycles. The zero-order valence-corrected chi connectivity index (χ0v) is 19.5. The number of nitrogens with zero attached hydrogens (tertiary/aromatic N) is 1. The number of carbonyl (C=O) groups excluding carboxylic acids is 2. The van der Waals surface area contributed by atoms with Gasteiger partial charge in [0, 0.05) is 38.0 Å². The Bertz CT molecular complexity index is 872. The van der Waals surface area contributed by atoms with Gasteiger partial charge in [-0.25, -0.2) is 6.54 Å². The van der Waals surface area contributed by atoms with E-state index < -0.39 is 0 Å². The van der Waals surface area contributed by atoms with Crippen LogP contribution in [0.4, 0.5) is 0 Å². The van der Waals surface area contributed by atoms with Crippen molar-refractivity contribution in [2.75, 3.05) is 20.8 Å². The van der Waals surface area contributed by atoms with E-state index in [4.69, 9.17) is 9.47 Å². The molecule has 6 nitrogen and oxygen atoms in total. The molecule has 1 radical (unpaired) electrons. The van der Waals surface area contributed by atoms with Gasteiger partial charge in [-0.05, 0) is 49.9 Å². The molecule has 2 aromatic rings. The first kappa shape index (κ1) is 22.9. The van der Waals surface area contributed by atoms with Crippen molar-refractivity contribution in [2.24, 2.45) is 0 Å². The fraction of sp³-hybridized carbons (Fsp3) is 0.318. The minimum atomic E-state index is -0.140. The minimum Gasteiger partial charge on any atom is -0.497 e. The number of fused-ring (bicyclic) bond motifs is 4. The summed E-state index contributed by atoms with van der Waals surface area (Å²) in [7, 11) is 3.31. The number of carbonyl (C=O) groups is 2. The van der Waals surface area contributed by atoms with Crippen LogP contribution in [-0.4, -0.2) is 43.5 Å². The molecule has 0 unspecified atom stereocenters. The summed E-state index contributed by atoms with van der Waals surface area (Å²) in [5.41, 5.74) is 2.26. The van der Waals surface area contributed by atoms with Gasteiger partial charge in [0.1, 0.15) is 18.1 Å². The van der Waals surface area contributed by atoms with Crippen molar-refractivity contribution in [2.45, 2.75) is 25.8 Å². The third kappa shape index (κ3) is 5.82. The number of nitrogens with one attached hydrogen (secondary N) is 1. The topological polar surface area (TPSA) is 67.9 Å². The van der Waals surface area contributed by atoms with Crippen LogP contribution in [0.2, 0.25) is 0 Å². The molecule has 155 valence electrons. The van der Waals surface area contributed by atoms with Crippen LogP contribution in [0.3, 0.4) is 0 Å². The number of amides is 2. The number of rotatable bonds is 1. The normalized spacial score (nSPS) is 17.6. The van der Waals surface area contributed by atoms with Gasteiger partial charge in [-0.3, -0.25) is 9.59 Å². The quantitative estimate of drug-likeness (QED) is 0.538. The van der Waals surface area contributed by atoms with E-state index in [1.165, 1.54) is 4.90 Å². The van der Waals surface area contributed by atoms with E-state index >= 15 is 0 Å². The molecule has 1 atom stereocenters. The van der Waals surface area contributed by atoms with Crippen molar-refractivity contribution in [1.29, 1.82) is 0 Å². The molecule has 2 aromatic carbocycles. The number of hydrogen-bond acceptors (Lipinski definition) is 4. The van der Waals surface area contributed by atoms with Crippen LogP contribution in [0.25, 0.3) is 11.1 Å². The zero-order chi connectivity index (χ0) is 20.1. The van der Waals surface area contributed by atoms with Gasteiger partial charge in [-0.1, -0.05) is 12.1 Å². The summed E-state index contributed by atoms with van der Waals surface area (Å²) in [5.74, 6) is 1.17. The summed E-state index contributed by atoms with van der Waals surface area (Å²) in [6, 6.07) is 12.8. The Hall–Kier alpha value is -2.36. The van der Waals surface area contributed by atoms with Crippen molar-refractivity contribution in [1.82, 2.24) is 10.2 Å². The molecule has 0 aromatic heterocycles. The molecule has 0 fully saturated rings. The van der Waals surface area contributed by atoms with E-state index in [-0.39, 0.29) is 38.3 Å². The first-order valence-electron chi connectivity index (χ1n) is 9.29. The van der Waals surface area contributed by atoms with Crippen LogP contribution in [0.15, 0.2) is 42.5 Å². The van der Waals surface area contributed by atoms with Gasteiger partial charge in [0.15, 0.2) is 0 Å². The van der Waals surface area contributed by atoms with Crippen molar-refractivity contribution < 1.29 is 39.5 Å². The van der Waals surface area contributed by atoms with Crippen LogP contribution < -0.4 is 14.8 Å². The number of ether oxygens (including phenoxy) is 2. The molecule has 1 aliphatic rings. The SMILES string of the molecule is COc1ccc2c(c1)-c1cccc(c1)C(=O)N(C)[CH-]CCC(=O)N[C@H](C)CO2.[Re]. The predicted octanol–water partition coefficient (Wildman–Crippen LogP) is 3.27. The Balaban J connectivity index is 0.00000300. The Morgan fingerprint density at radius 2 is 1.93 bits per heavy atom. The van der Waals surface area contributed by atoms with E-state index in [1.54, 1.807) is 26.8 Å². The Morgan fingerprint density at radius 3 is 2.69 bits per heavy atom. The average Bonchev–Trinajstić information content (AvgIpc) is 2.71. The molecule has 1 N–H and O–H groups in total. The Labute approximate surface area is 185 Å². The van der Waals surface area contributed by atoms with Gasteiger partial charge in [-0.2, -0.15) is 6.42 Å². The third-order valence-electron chi connectivity index (χ3n) is 4.60. The van der Waals surface area contributed by atoms with Gasteiger partial charge >= 0.3 is 0 Å². The molecule has 0 spiro atoms. The van der Waals surface area contributed by atoms with Crippen molar-refractivity contribution in [3.63, 3.8) is 0 Å². The fourth-order valence-electron chi connectivity index (χ4n) is 3.09. The first-order chi connectivity index (χ1) is 13.5. The number of methoxy groups -OCH3 is 1. The van der Waals surface area contributed by atoms with Gasteiger partial charge in [0.2, 0.25) is 11.8 Å². The van der Waals surface area contributed by atoms with E-state index in [1.807, 2.05) is 43.3 Å². The largest absolute Gasteiger partial charge is 0.497 e. The van der Waals surface area contributed by atoms with Crippen LogP contribution in [-0.2, 0) is 25.2 Å². The third-order valence-corrected chi connectivity index (χ3v) is 4.60.